The first-order valence-corrected chi connectivity index (χ1v) is 6.04. The Morgan fingerprint density at radius 2 is 1.76 bits per heavy atom. The number of aryl methyl sites for hydroxylation is 1. The summed E-state index contributed by atoms with van der Waals surface area (Å²) in [6, 6.07) is 8.53. The van der Waals surface area contributed by atoms with Gasteiger partial charge in [-0.05, 0) is 18.2 Å². The van der Waals surface area contributed by atoms with Crippen LogP contribution in [0.25, 0.3) is 0 Å². The zero-order valence-electron chi connectivity index (χ0n) is 11.2. The number of hydrogen-bond donors (Lipinski definition) is 3. The van der Waals surface area contributed by atoms with E-state index >= 15 is 0 Å². The average molecular weight is 287 g/mol. The minimum Gasteiger partial charge on any atom is -0.507 e. The van der Waals surface area contributed by atoms with Crippen molar-refractivity contribution in [3.63, 3.8) is 0 Å². The van der Waals surface area contributed by atoms with Gasteiger partial charge in [0.25, 0.3) is 17.4 Å². The first kappa shape index (κ1) is 14.3. The number of amides is 2. The number of phenols is 1. The molecule has 0 bridgehead atoms. The highest BCUT2D eigenvalue weighted by Crippen LogP contribution is 2.14. The van der Waals surface area contributed by atoms with Crippen LogP contribution < -0.4 is 16.4 Å². The number of pyridine rings is 1. The van der Waals surface area contributed by atoms with Crippen molar-refractivity contribution in [2.24, 2.45) is 7.05 Å². The lowest BCUT2D eigenvalue weighted by molar-refractivity contribution is 0.0845. The van der Waals surface area contributed by atoms with Gasteiger partial charge in [-0.1, -0.05) is 12.1 Å². The summed E-state index contributed by atoms with van der Waals surface area (Å²) in [7, 11) is 1.56. The molecule has 0 atom stereocenters. The summed E-state index contributed by atoms with van der Waals surface area (Å²) in [6.07, 6.45) is 1.45. The first-order valence-electron chi connectivity index (χ1n) is 6.04. The van der Waals surface area contributed by atoms with E-state index in [-0.39, 0.29) is 22.4 Å². The second kappa shape index (κ2) is 5.91. The van der Waals surface area contributed by atoms with Crippen LogP contribution in [0.4, 0.5) is 0 Å². The van der Waals surface area contributed by atoms with Crippen molar-refractivity contribution in [2.75, 3.05) is 0 Å². The second-order valence-corrected chi connectivity index (χ2v) is 4.29. The van der Waals surface area contributed by atoms with E-state index in [0.29, 0.717) is 0 Å². The van der Waals surface area contributed by atoms with Gasteiger partial charge in [-0.3, -0.25) is 25.2 Å². The largest absolute Gasteiger partial charge is 0.507 e. The molecule has 21 heavy (non-hydrogen) atoms. The summed E-state index contributed by atoms with van der Waals surface area (Å²) in [5.74, 6) is -1.49. The lowest BCUT2D eigenvalue weighted by Crippen LogP contribution is -2.42. The normalized spacial score (nSPS) is 9.95. The van der Waals surface area contributed by atoms with Gasteiger partial charge in [0, 0.05) is 24.9 Å². The topological polar surface area (TPSA) is 100 Å². The number of carbonyl (C=O) groups is 2. The highest BCUT2D eigenvalue weighted by Gasteiger charge is 2.12. The minimum absolute atomic E-state index is 0.0294. The van der Waals surface area contributed by atoms with Crippen molar-refractivity contribution in [1.29, 1.82) is 0 Å². The van der Waals surface area contributed by atoms with Crippen LogP contribution >= 0.6 is 0 Å². The minimum atomic E-state index is -0.662. The molecule has 2 amide bonds. The van der Waals surface area contributed by atoms with Crippen LogP contribution in [-0.2, 0) is 7.05 Å². The molecule has 3 N–H and O–H groups in total. The Bertz CT molecular complexity index is 752. The van der Waals surface area contributed by atoms with Gasteiger partial charge in [0.05, 0.1) is 5.56 Å². The predicted octanol–water partition coefficient (Wildman–Crippen LogP) is 0.166. The molecule has 0 aliphatic rings. The van der Waals surface area contributed by atoms with E-state index in [9.17, 15) is 19.5 Å². The summed E-state index contributed by atoms with van der Waals surface area (Å²) < 4.78 is 1.32. The van der Waals surface area contributed by atoms with Gasteiger partial charge in [-0.25, -0.2) is 0 Å². The van der Waals surface area contributed by atoms with E-state index in [1.54, 1.807) is 19.2 Å². The third-order valence-corrected chi connectivity index (χ3v) is 2.80. The quantitative estimate of drug-likeness (QED) is 0.685. The lowest BCUT2D eigenvalue weighted by atomic mass is 10.2. The number of nitrogens with one attached hydrogen (secondary N) is 2. The molecule has 1 aromatic heterocycles. The van der Waals surface area contributed by atoms with E-state index < -0.39 is 11.8 Å². The number of nitrogens with zero attached hydrogens (tertiary/aromatic N) is 1. The molecule has 0 saturated carbocycles. The lowest BCUT2D eigenvalue weighted by Gasteiger charge is -2.08. The average Bonchev–Trinajstić information content (AvgIpc) is 2.47. The summed E-state index contributed by atoms with van der Waals surface area (Å²) >= 11 is 0. The van der Waals surface area contributed by atoms with E-state index in [4.69, 9.17) is 0 Å². The van der Waals surface area contributed by atoms with Crippen LogP contribution in [-0.4, -0.2) is 21.5 Å². The summed E-state index contributed by atoms with van der Waals surface area (Å²) in [5.41, 5.74) is 4.15. The molecule has 7 nitrogen and oxygen atoms in total. The first-order chi connectivity index (χ1) is 9.99. The van der Waals surface area contributed by atoms with E-state index in [0.717, 1.165) is 6.07 Å². The Morgan fingerprint density at radius 3 is 2.43 bits per heavy atom. The van der Waals surface area contributed by atoms with Gasteiger partial charge in [-0.15, -0.1) is 0 Å². The number of aromatic hydroxyl groups is 1. The van der Waals surface area contributed by atoms with E-state index in [2.05, 4.69) is 10.9 Å². The van der Waals surface area contributed by atoms with Crippen LogP contribution in [0.5, 0.6) is 5.75 Å². The molecule has 2 aromatic rings. The number of para-hydroxylation sites is 1. The fourth-order valence-electron chi connectivity index (χ4n) is 1.61. The Hall–Kier alpha value is -3.09. The fraction of sp³-hybridized carbons (Fsp3) is 0.0714. The van der Waals surface area contributed by atoms with E-state index in [1.165, 1.54) is 29.0 Å². The molecule has 0 aliphatic carbocycles. The Morgan fingerprint density at radius 1 is 1.10 bits per heavy atom. The van der Waals surface area contributed by atoms with Gasteiger partial charge in [0.2, 0.25) is 0 Å². The molecule has 108 valence electrons. The van der Waals surface area contributed by atoms with Crippen molar-refractivity contribution >= 4 is 11.8 Å². The summed E-state index contributed by atoms with van der Waals surface area (Å²) in [4.78, 5) is 35.0. The Kier molecular flexibility index (Phi) is 4.03. The molecule has 7 heteroatoms. The molecule has 0 saturated heterocycles. The third kappa shape index (κ3) is 3.27. The van der Waals surface area contributed by atoms with Gasteiger partial charge < -0.3 is 9.67 Å². The fourth-order valence-corrected chi connectivity index (χ4v) is 1.61. The number of rotatable bonds is 2. The van der Waals surface area contributed by atoms with Crippen molar-refractivity contribution in [1.82, 2.24) is 15.4 Å². The smallest absolute Gasteiger partial charge is 0.273 e. The predicted molar refractivity (Wildman–Crippen MR) is 74.7 cm³/mol. The molecule has 1 aromatic carbocycles. The maximum atomic E-state index is 11.8. The van der Waals surface area contributed by atoms with E-state index in [1.807, 2.05) is 0 Å². The van der Waals surface area contributed by atoms with Gasteiger partial charge in [0.1, 0.15) is 5.75 Å². The molecule has 2 rings (SSSR count). The number of aromatic nitrogens is 1. The van der Waals surface area contributed by atoms with Crippen LogP contribution in [0.15, 0.2) is 47.4 Å². The standard InChI is InChI=1S/C14H13N3O4/c1-17-7-6-9(8-12(17)19)13(20)15-16-14(21)10-4-2-3-5-11(10)18/h2-8,18H,1H3,(H,15,20)(H,16,21). The highest BCUT2D eigenvalue weighted by molar-refractivity contribution is 6.00. The highest BCUT2D eigenvalue weighted by atomic mass is 16.3. The number of benzene rings is 1. The maximum absolute atomic E-state index is 11.8. The van der Waals surface area contributed by atoms with Crippen LogP contribution in [0, 0.1) is 0 Å². The van der Waals surface area contributed by atoms with Crippen LogP contribution in [0.3, 0.4) is 0 Å². The third-order valence-electron chi connectivity index (χ3n) is 2.80. The van der Waals surface area contributed by atoms with Crippen LogP contribution in [0.1, 0.15) is 20.7 Å². The zero-order valence-corrected chi connectivity index (χ0v) is 11.2. The molecule has 0 aliphatic heterocycles. The maximum Gasteiger partial charge on any atom is 0.273 e. The molecular weight excluding hydrogens is 274 g/mol. The van der Waals surface area contributed by atoms with Crippen molar-refractivity contribution in [2.45, 2.75) is 0 Å². The number of phenolic OH excluding ortho intramolecular Hbond substituents is 1. The van der Waals surface area contributed by atoms with Crippen LogP contribution in [0.2, 0.25) is 0 Å². The van der Waals surface area contributed by atoms with Crippen molar-refractivity contribution in [3.8, 4) is 5.75 Å². The second-order valence-electron chi connectivity index (χ2n) is 4.29. The number of hydrogen-bond acceptors (Lipinski definition) is 4. The number of carbonyl (C=O) groups excluding carboxylic acids is 2. The zero-order chi connectivity index (χ0) is 15.4. The van der Waals surface area contributed by atoms with Gasteiger partial charge in [-0.2, -0.15) is 0 Å². The molecule has 0 radical (unpaired) electrons. The van der Waals surface area contributed by atoms with Crippen molar-refractivity contribution in [3.05, 3.63) is 64.1 Å². The Labute approximate surface area is 119 Å². The SMILES string of the molecule is Cn1ccc(C(=O)NNC(=O)c2ccccc2O)cc1=O. The molecule has 0 spiro atoms. The summed E-state index contributed by atoms with van der Waals surface area (Å²) in [6.45, 7) is 0. The van der Waals surface area contributed by atoms with Gasteiger partial charge >= 0.3 is 0 Å². The number of hydrazine groups is 1. The molecule has 0 unspecified atom stereocenters. The molecule has 0 fully saturated rings. The molecular formula is C14H13N3O4. The molecule has 1 heterocycles. The monoisotopic (exact) mass is 287 g/mol. The van der Waals surface area contributed by atoms with Crippen molar-refractivity contribution < 1.29 is 14.7 Å². The summed E-state index contributed by atoms with van der Waals surface area (Å²) in [5, 5.41) is 9.51. The Balaban J connectivity index is 2.04. The van der Waals surface area contributed by atoms with Gasteiger partial charge in [0.15, 0.2) is 0 Å².